The van der Waals surface area contributed by atoms with Crippen molar-refractivity contribution >= 4 is 28.4 Å². The van der Waals surface area contributed by atoms with Gasteiger partial charge in [-0.05, 0) is 111 Å². The van der Waals surface area contributed by atoms with E-state index in [1.165, 1.54) is 78.4 Å². The first-order valence-electron chi connectivity index (χ1n) is 18.5. The molecule has 0 unspecified atom stereocenters. The topological polar surface area (TPSA) is 6.48 Å². The number of aryl methyl sites for hydroxylation is 1. The van der Waals surface area contributed by atoms with Crippen LogP contribution in [0.3, 0.4) is 0 Å². The molecule has 10 rings (SSSR count). The van der Waals surface area contributed by atoms with Crippen molar-refractivity contribution in [3.05, 3.63) is 234 Å². The maximum absolute atomic E-state index is 2.57. The average Bonchev–Trinajstić information content (AvgIpc) is 3.23. The van der Waals surface area contributed by atoms with Crippen molar-refractivity contribution in [3.63, 3.8) is 0 Å². The van der Waals surface area contributed by atoms with Crippen LogP contribution in [0.15, 0.2) is 200 Å². The Morgan fingerprint density at radius 2 is 0.830 bits per heavy atom. The van der Waals surface area contributed by atoms with Gasteiger partial charge in [-0.25, -0.2) is 0 Å². The highest BCUT2D eigenvalue weighted by Crippen LogP contribution is 2.63. The van der Waals surface area contributed by atoms with E-state index in [1.54, 1.807) is 0 Å². The Hall–Kier alpha value is -6.64. The van der Waals surface area contributed by atoms with Gasteiger partial charge in [0.25, 0.3) is 0 Å². The van der Waals surface area contributed by atoms with Crippen LogP contribution in [0.4, 0.5) is 28.4 Å². The van der Waals surface area contributed by atoms with E-state index >= 15 is 0 Å². The number of hydrogen-bond donors (Lipinski definition) is 0. The van der Waals surface area contributed by atoms with Gasteiger partial charge in [0.05, 0.1) is 16.8 Å². The summed E-state index contributed by atoms with van der Waals surface area (Å²) in [5.41, 5.74) is 17.9. The van der Waals surface area contributed by atoms with Crippen LogP contribution in [0.1, 0.15) is 33.4 Å². The summed E-state index contributed by atoms with van der Waals surface area (Å²) < 4.78 is 0. The summed E-state index contributed by atoms with van der Waals surface area (Å²) in [6.07, 6.45) is 0. The minimum atomic E-state index is -0.624. The van der Waals surface area contributed by atoms with Crippen LogP contribution in [0, 0.1) is 6.92 Å². The molecule has 1 spiro atoms. The second-order valence-corrected chi connectivity index (χ2v) is 14.2. The molecule has 8 aromatic rings. The van der Waals surface area contributed by atoms with Gasteiger partial charge in [-0.2, -0.15) is 0 Å². The third-order valence-corrected chi connectivity index (χ3v) is 11.3. The molecule has 53 heavy (non-hydrogen) atoms. The monoisotopic (exact) mass is 678 g/mol. The Morgan fingerprint density at radius 3 is 1.36 bits per heavy atom. The summed E-state index contributed by atoms with van der Waals surface area (Å²) in [6, 6.07) is 73.8. The average molecular weight is 679 g/mol. The third-order valence-electron chi connectivity index (χ3n) is 11.3. The van der Waals surface area contributed by atoms with Crippen molar-refractivity contribution in [2.24, 2.45) is 0 Å². The zero-order valence-electron chi connectivity index (χ0n) is 29.7. The van der Waals surface area contributed by atoms with E-state index in [1.807, 2.05) is 0 Å². The molecule has 0 aliphatic carbocycles. The Labute approximate surface area is 311 Å². The van der Waals surface area contributed by atoms with Gasteiger partial charge in [-0.1, -0.05) is 152 Å². The summed E-state index contributed by atoms with van der Waals surface area (Å²) in [4.78, 5) is 5.02. The van der Waals surface area contributed by atoms with Gasteiger partial charge in [0.2, 0.25) is 0 Å². The quantitative estimate of drug-likeness (QED) is 0.179. The zero-order valence-corrected chi connectivity index (χ0v) is 29.7. The Balaban J connectivity index is 1.35. The molecule has 0 aromatic heterocycles. The number of para-hydroxylation sites is 3. The first-order chi connectivity index (χ1) is 26.2. The predicted octanol–water partition coefficient (Wildman–Crippen LogP) is 13.1. The number of fused-ring (bicyclic) bond motifs is 8. The molecule has 0 saturated carbocycles. The van der Waals surface area contributed by atoms with Gasteiger partial charge in [0.15, 0.2) is 0 Å². The number of anilines is 5. The van der Waals surface area contributed by atoms with E-state index in [0.717, 1.165) is 12.2 Å². The SMILES string of the molecule is Cc1ccccc1CN1c2ccc(-c3ccccc3)cc2C2(c3cc(-c4ccccc4)ccc31)c1ccccc1N(c1ccccc1)c1ccccc12. The molecule has 0 radical (unpaired) electrons. The first kappa shape index (κ1) is 31.1. The minimum Gasteiger partial charge on any atom is -0.336 e. The van der Waals surface area contributed by atoms with E-state index in [9.17, 15) is 0 Å². The van der Waals surface area contributed by atoms with Crippen molar-refractivity contribution in [2.45, 2.75) is 18.9 Å². The van der Waals surface area contributed by atoms with Gasteiger partial charge < -0.3 is 9.80 Å². The van der Waals surface area contributed by atoms with Crippen LogP contribution in [-0.4, -0.2) is 0 Å². The van der Waals surface area contributed by atoms with Gasteiger partial charge in [-0.3, -0.25) is 0 Å². The Kier molecular flexibility index (Phi) is 7.37. The summed E-state index contributed by atoms with van der Waals surface area (Å²) >= 11 is 0. The Bertz CT molecular complexity index is 2470. The van der Waals surface area contributed by atoms with Gasteiger partial charge in [0.1, 0.15) is 0 Å². The fourth-order valence-corrected chi connectivity index (χ4v) is 8.85. The molecule has 0 saturated heterocycles. The number of hydrogen-bond acceptors (Lipinski definition) is 2. The predicted molar refractivity (Wildman–Crippen MR) is 221 cm³/mol. The summed E-state index contributed by atoms with van der Waals surface area (Å²) in [5, 5.41) is 0. The fraction of sp³-hybridized carbons (Fsp3) is 0.0588. The van der Waals surface area contributed by atoms with E-state index in [0.29, 0.717) is 0 Å². The molecule has 0 atom stereocenters. The molecule has 0 bridgehead atoms. The molecule has 2 aliphatic heterocycles. The smallest absolute Gasteiger partial charge is 0.0783 e. The summed E-state index contributed by atoms with van der Waals surface area (Å²) in [5.74, 6) is 0. The zero-order chi connectivity index (χ0) is 35.4. The Morgan fingerprint density at radius 1 is 0.377 bits per heavy atom. The number of nitrogens with zero attached hydrogens (tertiary/aromatic N) is 2. The van der Waals surface area contributed by atoms with E-state index in [-0.39, 0.29) is 0 Å². The molecule has 0 N–H and O–H groups in total. The second kappa shape index (κ2) is 12.5. The maximum atomic E-state index is 2.57. The molecule has 2 aliphatic rings. The summed E-state index contributed by atoms with van der Waals surface area (Å²) in [7, 11) is 0. The summed E-state index contributed by atoms with van der Waals surface area (Å²) in [6.45, 7) is 2.99. The van der Waals surface area contributed by atoms with Crippen LogP contribution in [-0.2, 0) is 12.0 Å². The van der Waals surface area contributed by atoms with Crippen molar-refractivity contribution in [1.82, 2.24) is 0 Å². The molecule has 252 valence electrons. The lowest BCUT2D eigenvalue weighted by Gasteiger charge is -2.51. The van der Waals surface area contributed by atoms with Gasteiger partial charge >= 0.3 is 0 Å². The van der Waals surface area contributed by atoms with Crippen LogP contribution in [0.5, 0.6) is 0 Å². The van der Waals surface area contributed by atoms with E-state index in [2.05, 4.69) is 217 Å². The highest BCUT2D eigenvalue weighted by molar-refractivity contribution is 5.95. The van der Waals surface area contributed by atoms with Crippen LogP contribution in [0.2, 0.25) is 0 Å². The van der Waals surface area contributed by atoms with Crippen molar-refractivity contribution in [1.29, 1.82) is 0 Å². The lowest BCUT2D eigenvalue weighted by Crippen LogP contribution is -2.42. The molecular weight excluding hydrogens is 641 g/mol. The molecule has 2 heterocycles. The third kappa shape index (κ3) is 4.87. The van der Waals surface area contributed by atoms with Crippen LogP contribution < -0.4 is 9.80 Å². The first-order valence-corrected chi connectivity index (χ1v) is 18.5. The highest BCUT2D eigenvalue weighted by Gasteiger charge is 2.51. The largest absolute Gasteiger partial charge is 0.336 e. The minimum absolute atomic E-state index is 0.624. The lowest BCUT2D eigenvalue weighted by molar-refractivity contribution is 0.705. The second-order valence-electron chi connectivity index (χ2n) is 14.2. The molecule has 0 fully saturated rings. The van der Waals surface area contributed by atoms with Crippen molar-refractivity contribution in [3.8, 4) is 22.3 Å². The van der Waals surface area contributed by atoms with Crippen molar-refractivity contribution < 1.29 is 0 Å². The number of rotatable bonds is 5. The van der Waals surface area contributed by atoms with E-state index in [4.69, 9.17) is 0 Å². The van der Waals surface area contributed by atoms with Gasteiger partial charge in [-0.15, -0.1) is 0 Å². The van der Waals surface area contributed by atoms with E-state index < -0.39 is 5.41 Å². The molecule has 0 amide bonds. The molecule has 2 heteroatoms. The standard InChI is InChI=1S/C51H38N2/c1-36-17-11-12-22-41(36)35-52-47-31-29-39(37-18-5-2-6-19-37)33-45(47)51(46-34-40(30-32-48(46)52)38-20-7-3-8-21-38)43-25-13-15-27-49(43)53(42-23-9-4-10-24-42)50-28-16-14-26-44(50)51/h2-34H,35H2,1H3. The highest BCUT2D eigenvalue weighted by atomic mass is 15.2. The fourth-order valence-electron chi connectivity index (χ4n) is 8.85. The molecule has 2 nitrogen and oxygen atoms in total. The molecule has 8 aromatic carbocycles. The van der Waals surface area contributed by atoms with Crippen LogP contribution in [0.25, 0.3) is 22.3 Å². The maximum Gasteiger partial charge on any atom is 0.0783 e. The normalized spacial score (nSPS) is 13.5. The molecular formula is C51H38N2. The van der Waals surface area contributed by atoms with Gasteiger partial charge in [0, 0.05) is 23.6 Å². The van der Waals surface area contributed by atoms with Crippen LogP contribution >= 0.6 is 0 Å². The van der Waals surface area contributed by atoms with Crippen molar-refractivity contribution in [2.75, 3.05) is 9.80 Å². The number of benzene rings is 8. The lowest BCUT2D eigenvalue weighted by atomic mass is 9.59.